The van der Waals surface area contributed by atoms with Crippen LogP contribution in [0.5, 0.6) is 5.75 Å². The third kappa shape index (κ3) is 4.61. The molecule has 1 N–H and O–H groups in total. The molecule has 1 aliphatic rings. The Morgan fingerprint density at radius 1 is 1.35 bits per heavy atom. The Balaban J connectivity index is 1.73. The molecular weight excluding hydrogens is 210 g/mol. The van der Waals surface area contributed by atoms with Crippen LogP contribution in [0.25, 0.3) is 0 Å². The summed E-state index contributed by atoms with van der Waals surface area (Å²) in [6, 6.07) is 9.16. The first-order valence-corrected chi connectivity index (χ1v) is 6.33. The van der Waals surface area contributed by atoms with Gasteiger partial charge in [0.15, 0.2) is 0 Å². The van der Waals surface area contributed by atoms with Crippen molar-refractivity contribution in [1.82, 2.24) is 5.32 Å². The molecule has 0 bridgehead atoms. The molecule has 0 saturated heterocycles. The summed E-state index contributed by atoms with van der Waals surface area (Å²) >= 11 is 0. The van der Waals surface area contributed by atoms with Crippen LogP contribution in [-0.4, -0.2) is 19.2 Å². The van der Waals surface area contributed by atoms with Crippen LogP contribution in [0, 0.1) is 0 Å². The second-order valence-corrected chi connectivity index (χ2v) is 4.87. The lowest BCUT2D eigenvalue weighted by Crippen LogP contribution is -2.19. The predicted octanol–water partition coefficient (Wildman–Crippen LogP) is 2.94. The fraction of sp³-hybridized carbons (Fsp3) is 0.467. The van der Waals surface area contributed by atoms with Crippen molar-refractivity contribution in [2.45, 2.75) is 32.2 Å². The summed E-state index contributed by atoms with van der Waals surface area (Å²) < 4.78 is 5.56. The first kappa shape index (κ1) is 12.2. The summed E-state index contributed by atoms with van der Waals surface area (Å²) in [6.07, 6.45) is 3.80. The molecule has 92 valence electrons. The lowest BCUT2D eigenvalue weighted by molar-refractivity contribution is 0.352. The van der Waals surface area contributed by atoms with Gasteiger partial charge in [-0.3, -0.25) is 0 Å². The first-order chi connectivity index (χ1) is 8.24. The van der Waals surface area contributed by atoms with E-state index in [-0.39, 0.29) is 0 Å². The maximum atomic E-state index is 5.56. The predicted molar refractivity (Wildman–Crippen MR) is 71.5 cm³/mol. The van der Waals surface area contributed by atoms with Gasteiger partial charge in [0.05, 0.1) is 0 Å². The summed E-state index contributed by atoms with van der Waals surface area (Å²) in [7, 11) is 0. The number of ether oxygens (including phenoxy) is 1. The SMILES string of the molecule is C=C(C)COc1ccc(CCNC2CC2)cc1. The maximum Gasteiger partial charge on any atom is 0.119 e. The van der Waals surface area contributed by atoms with Gasteiger partial charge in [-0.1, -0.05) is 18.7 Å². The number of benzene rings is 1. The van der Waals surface area contributed by atoms with Crippen LogP contribution in [-0.2, 0) is 6.42 Å². The van der Waals surface area contributed by atoms with Crippen LogP contribution < -0.4 is 10.1 Å². The van der Waals surface area contributed by atoms with Gasteiger partial charge in [0.1, 0.15) is 12.4 Å². The minimum Gasteiger partial charge on any atom is -0.489 e. The molecule has 1 aromatic carbocycles. The molecule has 0 unspecified atom stereocenters. The summed E-state index contributed by atoms with van der Waals surface area (Å²) in [6.45, 7) is 7.47. The Labute approximate surface area is 104 Å². The van der Waals surface area contributed by atoms with Crippen molar-refractivity contribution in [2.75, 3.05) is 13.2 Å². The molecule has 0 spiro atoms. The van der Waals surface area contributed by atoms with Crippen LogP contribution in [0.1, 0.15) is 25.3 Å². The Morgan fingerprint density at radius 2 is 2.06 bits per heavy atom. The molecule has 1 aliphatic carbocycles. The molecule has 0 radical (unpaired) electrons. The third-order valence-corrected chi connectivity index (χ3v) is 2.83. The highest BCUT2D eigenvalue weighted by Crippen LogP contribution is 2.18. The molecule has 2 heteroatoms. The van der Waals surface area contributed by atoms with E-state index in [2.05, 4.69) is 24.0 Å². The van der Waals surface area contributed by atoms with Gasteiger partial charge < -0.3 is 10.1 Å². The van der Waals surface area contributed by atoms with Crippen LogP contribution >= 0.6 is 0 Å². The van der Waals surface area contributed by atoms with Gasteiger partial charge in [-0.05, 0) is 56.0 Å². The van der Waals surface area contributed by atoms with Gasteiger partial charge in [0.25, 0.3) is 0 Å². The van der Waals surface area contributed by atoms with Gasteiger partial charge in [0, 0.05) is 6.04 Å². The van der Waals surface area contributed by atoms with E-state index in [1.54, 1.807) is 0 Å². The summed E-state index contributed by atoms with van der Waals surface area (Å²) in [4.78, 5) is 0. The van der Waals surface area contributed by atoms with E-state index in [1.807, 2.05) is 19.1 Å². The largest absolute Gasteiger partial charge is 0.489 e. The standard InChI is InChI=1S/C15H21NO/c1-12(2)11-17-15-7-3-13(4-8-15)9-10-16-14-5-6-14/h3-4,7-8,14,16H,1,5-6,9-11H2,2H3. The summed E-state index contributed by atoms with van der Waals surface area (Å²) in [5, 5.41) is 3.52. The maximum absolute atomic E-state index is 5.56. The van der Waals surface area contributed by atoms with Gasteiger partial charge in [-0.25, -0.2) is 0 Å². The summed E-state index contributed by atoms with van der Waals surface area (Å²) in [5.74, 6) is 0.923. The van der Waals surface area contributed by atoms with Crippen molar-refractivity contribution in [3.05, 3.63) is 42.0 Å². The normalized spacial score (nSPS) is 14.6. The zero-order chi connectivity index (χ0) is 12.1. The molecule has 1 aromatic rings. The summed E-state index contributed by atoms with van der Waals surface area (Å²) in [5.41, 5.74) is 2.41. The first-order valence-electron chi connectivity index (χ1n) is 6.33. The van der Waals surface area contributed by atoms with E-state index in [1.165, 1.54) is 18.4 Å². The van der Waals surface area contributed by atoms with Crippen LogP contribution in [0.3, 0.4) is 0 Å². The zero-order valence-electron chi connectivity index (χ0n) is 10.5. The van der Waals surface area contributed by atoms with Crippen molar-refractivity contribution in [3.63, 3.8) is 0 Å². The number of rotatable bonds is 7. The van der Waals surface area contributed by atoms with Crippen LogP contribution in [0.4, 0.5) is 0 Å². The van der Waals surface area contributed by atoms with Crippen LogP contribution in [0.15, 0.2) is 36.4 Å². The van der Waals surface area contributed by atoms with Crippen molar-refractivity contribution >= 4 is 0 Å². The van der Waals surface area contributed by atoms with E-state index < -0.39 is 0 Å². The quantitative estimate of drug-likeness (QED) is 0.728. The molecule has 0 heterocycles. The highest BCUT2D eigenvalue weighted by Gasteiger charge is 2.19. The average molecular weight is 231 g/mol. The fourth-order valence-corrected chi connectivity index (χ4v) is 1.67. The van der Waals surface area contributed by atoms with E-state index in [0.29, 0.717) is 6.61 Å². The van der Waals surface area contributed by atoms with Crippen molar-refractivity contribution in [2.24, 2.45) is 0 Å². The average Bonchev–Trinajstić information content (AvgIpc) is 3.12. The molecule has 2 nitrogen and oxygen atoms in total. The Morgan fingerprint density at radius 3 is 2.65 bits per heavy atom. The molecule has 2 rings (SSSR count). The smallest absolute Gasteiger partial charge is 0.119 e. The third-order valence-electron chi connectivity index (χ3n) is 2.83. The number of hydrogen-bond donors (Lipinski definition) is 1. The molecule has 17 heavy (non-hydrogen) atoms. The second-order valence-electron chi connectivity index (χ2n) is 4.87. The lowest BCUT2D eigenvalue weighted by Gasteiger charge is -2.07. The highest BCUT2D eigenvalue weighted by atomic mass is 16.5. The molecule has 0 aromatic heterocycles. The Bertz CT molecular complexity index is 365. The number of nitrogens with one attached hydrogen (secondary N) is 1. The number of hydrogen-bond acceptors (Lipinski definition) is 2. The van der Waals surface area contributed by atoms with Crippen molar-refractivity contribution in [1.29, 1.82) is 0 Å². The molecular formula is C15H21NO. The monoisotopic (exact) mass is 231 g/mol. The Hall–Kier alpha value is -1.28. The molecule has 0 atom stereocenters. The van der Waals surface area contributed by atoms with Gasteiger partial charge in [0.2, 0.25) is 0 Å². The van der Waals surface area contributed by atoms with Gasteiger partial charge in [-0.15, -0.1) is 0 Å². The van der Waals surface area contributed by atoms with E-state index in [4.69, 9.17) is 4.74 Å². The second kappa shape index (κ2) is 5.87. The molecule has 1 fully saturated rings. The molecule has 0 aliphatic heterocycles. The van der Waals surface area contributed by atoms with Crippen molar-refractivity contribution < 1.29 is 4.74 Å². The van der Waals surface area contributed by atoms with Gasteiger partial charge in [-0.2, -0.15) is 0 Å². The zero-order valence-corrected chi connectivity index (χ0v) is 10.5. The van der Waals surface area contributed by atoms with Gasteiger partial charge >= 0.3 is 0 Å². The highest BCUT2D eigenvalue weighted by molar-refractivity contribution is 5.27. The molecule has 0 amide bonds. The van der Waals surface area contributed by atoms with E-state index in [9.17, 15) is 0 Å². The topological polar surface area (TPSA) is 21.3 Å². The van der Waals surface area contributed by atoms with Crippen molar-refractivity contribution in [3.8, 4) is 5.75 Å². The Kier molecular flexibility index (Phi) is 4.21. The van der Waals surface area contributed by atoms with E-state index >= 15 is 0 Å². The minimum absolute atomic E-state index is 0.600. The molecule has 1 saturated carbocycles. The lowest BCUT2D eigenvalue weighted by atomic mass is 10.1. The van der Waals surface area contributed by atoms with Crippen LogP contribution in [0.2, 0.25) is 0 Å². The minimum atomic E-state index is 0.600. The fourth-order valence-electron chi connectivity index (χ4n) is 1.67. The van der Waals surface area contributed by atoms with E-state index in [0.717, 1.165) is 30.3 Å².